The number of likely N-dealkylation sites (N-methyl/N-ethyl adjacent to an activating group) is 1. The van der Waals surface area contributed by atoms with Crippen molar-refractivity contribution in [2.45, 2.75) is 24.3 Å². The average Bonchev–Trinajstić information content (AvgIpc) is 2.93. The summed E-state index contributed by atoms with van der Waals surface area (Å²) in [5.41, 5.74) is 2.08. The number of amides is 1. The van der Waals surface area contributed by atoms with Crippen molar-refractivity contribution in [3.63, 3.8) is 0 Å². The van der Waals surface area contributed by atoms with E-state index in [4.69, 9.17) is 0 Å². The first-order chi connectivity index (χ1) is 10.1. The third-order valence-electron chi connectivity index (χ3n) is 3.01. The van der Waals surface area contributed by atoms with E-state index in [1.807, 2.05) is 17.5 Å². The number of hydrogen-bond acceptors (Lipinski definition) is 4. The van der Waals surface area contributed by atoms with E-state index in [1.54, 1.807) is 18.8 Å². The molecular weight excluding hydrogens is 307 g/mol. The van der Waals surface area contributed by atoms with Gasteiger partial charge in [0.15, 0.2) is 0 Å². The number of nitrogens with zero attached hydrogens (tertiary/aromatic N) is 1. The van der Waals surface area contributed by atoms with Gasteiger partial charge in [0.2, 0.25) is 5.91 Å². The van der Waals surface area contributed by atoms with Gasteiger partial charge in [0.1, 0.15) is 10.8 Å². The molecule has 2 rings (SSSR count). The highest BCUT2D eigenvalue weighted by molar-refractivity contribution is 7.98. The lowest BCUT2D eigenvalue weighted by molar-refractivity contribution is -0.119. The summed E-state index contributed by atoms with van der Waals surface area (Å²) in [4.78, 5) is 15.7. The van der Waals surface area contributed by atoms with Crippen LogP contribution in [0.3, 0.4) is 0 Å². The number of rotatable bonds is 6. The van der Waals surface area contributed by atoms with Gasteiger partial charge in [-0.15, -0.1) is 23.1 Å². The Bertz CT molecular complexity index is 598. The van der Waals surface area contributed by atoms with Gasteiger partial charge in [0.25, 0.3) is 0 Å². The van der Waals surface area contributed by atoms with Crippen molar-refractivity contribution in [3.8, 4) is 0 Å². The number of thioether (sulfide) groups is 1. The highest BCUT2D eigenvalue weighted by atomic mass is 32.2. The van der Waals surface area contributed by atoms with Crippen LogP contribution in [0.1, 0.15) is 28.4 Å². The second-order valence-corrected chi connectivity index (χ2v) is 6.86. The maximum Gasteiger partial charge on any atom is 0.226 e. The maximum atomic E-state index is 12.9. The lowest BCUT2D eigenvalue weighted by atomic mass is 10.2. The molecule has 0 fully saturated rings. The van der Waals surface area contributed by atoms with Crippen molar-refractivity contribution >= 4 is 29.0 Å². The first kappa shape index (κ1) is 16.0. The largest absolute Gasteiger partial charge is 0.359 e. The fraction of sp³-hybridized carbons (Fsp3) is 0.333. The molecule has 6 heteroatoms. The number of thiazole rings is 1. The molecule has 1 atom stereocenters. The Morgan fingerprint density at radius 1 is 1.43 bits per heavy atom. The van der Waals surface area contributed by atoms with Crippen LogP contribution < -0.4 is 5.32 Å². The molecule has 3 nitrogen and oxygen atoms in total. The van der Waals surface area contributed by atoms with Crippen molar-refractivity contribution in [1.29, 1.82) is 0 Å². The van der Waals surface area contributed by atoms with Crippen LogP contribution in [0.4, 0.5) is 4.39 Å². The van der Waals surface area contributed by atoms with E-state index in [1.165, 1.54) is 23.5 Å². The molecule has 112 valence electrons. The monoisotopic (exact) mass is 324 g/mol. The first-order valence-corrected chi connectivity index (χ1v) is 8.52. The van der Waals surface area contributed by atoms with Crippen molar-refractivity contribution in [3.05, 3.63) is 51.7 Å². The van der Waals surface area contributed by atoms with Gasteiger partial charge in [-0.2, -0.15) is 0 Å². The van der Waals surface area contributed by atoms with E-state index in [9.17, 15) is 9.18 Å². The van der Waals surface area contributed by atoms with Crippen LogP contribution in [0.25, 0.3) is 0 Å². The van der Waals surface area contributed by atoms with Gasteiger partial charge in [-0.05, 0) is 24.6 Å². The van der Waals surface area contributed by atoms with Gasteiger partial charge in [0, 0.05) is 23.4 Å². The molecule has 2 aromatic rings. The summed E-state index contributed by atoms with van der Waals surface area (Å²) in [7, 11) is 1.62. The van der Waals surface area contributed by atoms with Crippen molar-refractivity contribution in [2.24, 2.45) is 0 Å². The van der Waals surface area contributed by atoms with E-state index in [2.05, 4.69) is 17.2 Å². The molecule has 0 unspecified atom stereocenters. The Hall–Kier alpha value is -1.40. The molecular formula is C15H17FN2OS2. The number of aromatic nitrogens is 1. The zero-order chi connectivity index (χ0) is 15.2. The Morgan fingerprint density at radius 2 is 2.14 bits per heavy atom. The molecule has 0 aliphatic rings. The van der Waals surface area contributed by atoms with E-state index < -0.39 is 0 Å². The van der Waals surface area contributed by atoms with Gasteiger partial charge in [0.05, 0.1) is 12.1 Å². The molecule has 1 heterocycles. The third kappa shape index (κ3) is 4.82. The Labute approximate surface area is 132 Å². The smallest absolute Gasteiger partial charge is 0.226 e. The Kier molecular flexibility index (Phi) is 5.76. The highest BCUT2D eigenvalue weighted by Crippen LogP contribution is 2.31. The summed E-state index contributed by atoms with van der Waals surface area (Å²) in [6, 6.07) is 6.59. The summed E-state index contributed by atoms with van der Waals surface area (Å²) < 4.78 is 12.9. The van der Waals surface area contributed by atoms with Crippen molar-refractivity contribution in [2.75, 3.05) is 7.05 Å². The molecule has 0 bridgehead atoms. The molecule has 0 aliphatic heterocycles. The maximum absolute atomic E-state index is 12.9. The van der Waals surface area contributed by atoms with E-state index in [0.29, 0.717) is 6.42 Å². The molecule has 1 N–H and O–H groups in total. The quantitative estimate of drug-likeness (QED) is 0.883. The van der Waals surface area contributed by atoms with Gasteiger partial charge in [-0.3, -0.25) is 4.79 Å². The number of benzene rings is 1. The minimum atomic E-state index is -0.214. The minimum Gasteiger partial charge on any atom is -0.359 e. The minimum absolute atomic E-state index is 0.0248. The van der Waals surface area contributed by atoms with Crippen LogP contribution in [0, 0.1) is 5.82 Å². The topological polar surface area (TPSA) is 42.0 Å². The number of carbonyl (C=O) groups is 1. The van der Waals surface area contributed by atoms with Crippen LogP contribution in [-0.2, 0) is 17.0 Å². The van der Waals surface area contributed by atoms with Crippen LogP contribution in [-0.4, -0.2) is 17.9 Å². The second-order valence-electron chi connectivity index (χ2n) is 4.59. The normalized spacial score (nSPS) is 12.1. The molecule has 0 spiro atoms. The predicted octanol–water partition coefficient (Wildman–Crippen LogP) is 3.57. The summed E-state index contributed by atoms with van der Waals surface area (Å²) in [5, 5.41) is 5.69. The SMILES string of the molecule is CNC(=O)Cc1nc(CS[C@H](C)c2ccc(F)cc2)cs1. The molecule has 1 aromatic carbocycles. The summed E-state index contributed by atoms with van der Waals surface area (Å²) in [6.45, 7) is 2.09. The Balaban J connectivity index is 1.88. The molecule has 0 radical (unpaired) electrons. The zero-order valence-electron chi connectivity index (χ0n) is 11.9. The van der Waals surface area contributed by atoms with Gasteiger partial charge in [-0.25, -0.2) is 9.37 Å². The second kappa shape index (κ2) is 7.56. The molecule has 1 amide bonds. The van der Waals surface area contributed by atoms with Gasteiger partial charge in [-0.1, -0.05) is 12.1 Å². The zero-order valence-corrected chi connectivity index (χ0v) is 13.6. The lowest BCUT2D eigenvalue weighted by Gasteiger charge is -2.10. The number of halogens is 1. The van der Waals surface area contributed by atoms with Crippen LogP contribution in [0.5, 0.6) is 0 Å². The third-order valence-corrected chi connectivity index (χ3v) is 5.14. The molecule has 21 heavy (non-hydrogen) atoms. The molecule has 0 saturated heterocycles. The average molecular weight is 324 g/mol. The lowest BCUT2D eigenvalue weighted by Crippen LogP contribution is -2.19. The fourth-order valence-corrected chi connectivity index (χ4v) is 3.58. The van der Waals surface area contributed by atoms with Crippen molar-refractivity contribution in [1.82, 2.24) is 10.3 Å². The summed E-state index contributed by atoms with van der Waals surface area (Å²) >= 11 is 3.26. The standard InChI is InChI=1S/C15H17FN2OS2/c1-10(11-3-5-12(16)6-4-11)20-8-13-9-21-15(18-13)7-14(19)17-2/h3-6,9-10H,7-8H2,1-2H3,(H,17,19)/t10-/m1/s1. The van der Waals surface area contributed by atoms with E-state index in [0.717, 1.165) is 22.0 Å². The van der Waals surface area contributed by atoms with E-state index >= 15 is 0 Å². The molecule has 0 aliphatic carbocycles. The van der Waals surface area contributed by atoms with E-state index in [-0.39, 0.29) is 17.0 Å². The van der Waals surface area contributed by atoms with Gasteiger partial charge < -0.3 is 5.32 Å². The summed E-state index contributed by atoms with van der Waals surface area (Å²) in [5.74, 6) is 0.542. The van der Waals surface area contributed by atoms with Crippen LogP contribution in [0.15, 0.2) is 29.6 Å². The first-order valence-electron chi connectivity index (χ1n) is 6.59. The van der Waals surface area contributed by atoms with Gasteiger partial charge >= 0.3 is 0 Å². The number of hydrogen-bond donors (Lipinski definition) is 1. The van der Waals surface area contributed by atoms with Crippen LogP contribution in [0.2, 0.25) is 0 Å². The highest BCUT2D eigenvalue weighted by Gasteiger charge is 2.10. The van der Waals surface area contributed by atoms with Crippen molar-refractivity contribution < 1.29 is 9.18 Å². The number of nitrogens with one attached hydrogen (secondary N) is 1. The predicted molar refractivity (Wildman–Crippen MR) is 86.0 cm³/mol. The van der Waals surface area contributed by atoms with Crippen LogP contribution >= 0.6 is 23.1 Å². The molecule has 1 aromatic heterocycles. The fourth-order valence-electron chi connectivity index (χ4n) is 1.76. The molecule has 0 saturated carbocycles. The Morgan fingerprint density at radius 3 is 2.81 bits per heavy atom. The summed E-state index contributed by atoms with van der Waals surface area (Å²) in [6.07, 6.45) is 0.333. The number of carbonyl (C=O) groups excluding carboxylic acids is 1.